The molecule has 0 aliphatic heterocycles. The van der Waals surface area contributed by atoms with Gasteiger partial charge in [0.15, 0.2) is 17.6 Å². The molecule has 0 radical (unpaired) electrons. The number of aromatic nitrogens is 2. The summed E-state index contributed by atoms with van der Waals surface area (Å²) in [7, 11) is 1.76. The van der Waals surface area contributed by atoms with E-state index in [4.69, 9.17) is 10.5 Å². The van der Waals surface area contributed by atoms with Crippen LogP contribution < -0.4 is 5.73 Å². The highest BCUT2D eigenvalue weighted by Gasteiger charge is 2.28. The van der Waals surface area contributed by atoms with E-state index in [2.05, 4.69) is 9.97 Å². The Bertz CT molecular complexity index is 543. The van der Waals surface area contributed by atoms with Crippen LogP contribution in [-0.4, -0.2) is 45.9 Å². The summed E-state index contributed by atoms with van der Waals surface area (Å²) in [5.41, 5.74) is 5.51. The predicted molar refractivity (Wildman–Crippen MR) is 81.0 cm³/mol. The highest BCUT2D eigenvalue weighted by Crippen LogP contribution is 2.22. The summed E-state index contributed by atoms with van der Waals surface area (Å²) in [6, 6.07) is 0.226. The van der Waals surface area contributed by atoms with E-state index in [1.165, 1.54) is 18.8 Å². The number of amides is 1. The summed E-state index contributed by atoms with van der Waals surface area (Å²) in [6.45, 7) is 1.56. The molecule has 1 saturated carbocycles. The maximum atomic E-state index is 12.4. The van der Waals surface area contributed by atoms with E-state index in [1.807, 2.05) is 0 Å². The van der Waals surface area contributed by atoms with Gasteiger partial charge in [-0.15, -0.1) is 0 Å². The fraction of sp³-hybridized carbons (Fsp3) is 0.600. The Morgan fingerprint density at radius 1 is 1.27 bits per heavy atom. The summed E-state index contributed by atoms with van der Waals surface area (Å²) >= 11 is 0. The van der Waals surface area contributed by atoms with Crippen LogP contribution in [-0.2, 0) is 9.53 Å². The topological polar surface area (TPSA) is 98.4 Å². The van der Waals surface area contributed by atoms with Crippen molar-refractivity contribution in [3.05, 3.63) is 18.1 Å². The third-order valence-electron chi connectivity index (χ3n) is 4.02. The smallest absolute Gasteiger partial charge is 0.361 e. The Morgan fingerprint density at radius 3 is 2.55 bits per heavy atom. The Hall–Kier alpha value is -2.18. The predicted octanol–water partition coefficient (Wildman–Crippen LogP) is 1.40. The first-order valence-electron chi connectivity index (χ1n) is 7.55. The van der Waals surface area contributed by atoms with Crippen molar-refractivity contribution in [3.8, 4) is 0 Å². The third-order valence-corrected chi connectivity index (χ3v) is 4.02. The monoisotopic (exact) mass is 306 g/mol. The number of hydrogen-bond acceptors (Lipinski definition) is 6. The van der Waals surface area contributed by atoms with Crippen molar-refractivity contribution in [1.82, 2.24) is 14.9 Å². The lowest BCUT2D eigenvalue weighted by Crippen LogP contribution is -2.44. The molecule has 0 spiro atoms. The molecule has 1 aromatic rings. The second-order valence-electron chi connectivity index (χ2n) is 5.58. The zero-order chi connectivity index (χ0) is 16.1. The summed E-state index contributed by atoms with van der Waals surface area (Å²) in [6.07, 6.45) is 7.35. The van der Waals surface area contributed by atoms with E-state index in [-0.39, 0.29) is 23.5 Å². The first-order chi connectivity index (χ1) is 10.5. The van der Waals surface area contributed by atoms with E-state index < -0.39 is 12.1 Å². The van der Waals surface area contributed by atoms with Gasteiger partial charge in [0, 0.05) is 25.5 Å². The minimum Gasteiger partial charge on any atom is -0.448 e. The molecule has 2 rings (SSSR count). The fourth-order valence-electron chi connectivity index (χ4n) is 2.71. The van der Waals surface area contributed by atoms with Gasteiger partial charge in [-0.2, -0.15) is 0 Å². The van der Waals surface area contributed by atoms with Crippen LogP contribution >= 0.6 is 0 Å². The van der Waals surface area contributed by atoms with Gasteiger partial charge in [0.1, 0.15) is 0 Å². The number of nitrogens with two attached hydrogens (primary N) is 1. The largest absolute Gasteiger partial charge is 0.448 e. The van der Waals surface area contributed by atoms with Gasteiger partial charge in [0.2, 0.25) is 0 Å². The zero-order valence-corrected chi connectivity index (χ0v) is 13.0. The summed E-state index contributed by atoms with van der Waals surface area (Å²) in [5.74, 6) is -0.945. The quantitative estimate of drug-likeness (QED) is 0.844. The molecule has 1 aliphatic carbocycles. The van der Waals surface area contributed by atoms with Gasteiger partial charge in [0.25, 0.3) is 5.91 Å². The minimum atomic E-state index is -0.874. The van der Waals surface area contributed by atoms with Crippen LogP contribution in [0.1, 0.15) is 49.5 Å². The molecule has 1 fully saturated rings. The van der Waals surface area contributed by atoms with Crippen molar-refractivity contribution < 1.29 is 14.3 Å². The number of rotatable bonds is 4. The summed E-state index contributed by atoms with van der Waals surface area (Å²) in [5, 5.41) is 0. The molecule has 0 bridgehead atoms. The van der Waals surface area contributed by atoms with Gasteiger partial charge in [-0.3, -0.25) is 4.79 Å². The molecular formula is C15H22N4O3. The van der Waals surface area contributed by atoms with E-state index in [1.54, 1.807) is 18.9 Å². The molecule has 0 aromatic carbocycles. The zero-order valence-electron chi connectivity index (χ0n) is 13.0. The van der Waals surface area contributed by atoms with Gasteiger partial charge < -0.3 is 15.4 Å². The molecule has 7 heteroatoms. The van der Waals surface area contributed by atoms with E-state index in [9.17, 15) is 9.59 Å². The number of esters is 1. The Labute approximate surface area is 129 Å². The number of carbonyl (C=O) groups is 2. The number of anilines is 1. The highest BCUT2D eigenvalue weighted by atomic mass is 16.5. The number of nitrogens with zero attached hydrogens (tertiary/aromatic N) is 3. The minimum absolute atomic E-state index is 0.00668. The molecule has 0 saturated heterocycles. The van der Waals surface area contributed by atoms with Gasteiger partial charge in [-0.05, 0) is 19.8 Å². The molecule has 7 nitrogen and oxygen atoms in total. The molecule has 1 amide bonds. The van der Waals surface area contributed by atoms with Crippen LogP contribution in [0.2, 0.25) is 0 Å². The number of nitrogen functional groups attached to an aromatic ring is 1. The first kappa shape index (κ1) is 16.2. The molecule has 1 heterocycles. The van der Waals surface area contributed by atoms with Crippen LogP contribution in [0.25, 0.3) is 0 Å². The molecule has 22 heavy (non-hydrogen) atoms. The number of likely N-dealkylation sites (N-methyl/N-ethyl adjacent to an activating group) is 1. The lowest BCUT2D eigenvalue weighted by Gasteiger charge is -2.32. The second kappa shape index (κ2) is 7.20. The van der Waals surface area contributed by atoms with Crippen molar-refractivity contribution in [1.29, 1.82) is 0 Å². The summed E-state index contributed by atoms with van der Waals surface area (Å²) in [4.78, 5) is 33.7. The van der Waals surface area contributed by atoms with E-state index in [0.29, 0.717) is 0 Å². The van der Waals surface area contributed by atoms with Crippen LogP contribution in [0, 0.1) is 0 Å². The van der Waals surface area contributed by atoms with Crippen molar-refractivity contribution >= 4 is 17.7 Å². The molecule has 2 N–H and O–H groups in total. The normalized spacial score (nSPS) is 16.8. The Kier molecular flexibility index (Phi) is 5.30. The van der Waals surface area contributed by atoms with Crippen molar-refractivity contribution in [2.45, 2.75) is 51.2 Å². The highest BCUT2D eigenvalue weighted by molar-refractivity contribution is 5.94. The maximum absolute atomic E-state index is 12.4. The van der Waals surface area contributed by atoms with Gasteiger partial charge in [-0.25, -0.2) is 14.8 Å². The number of ether oxygens (including phenoxy) is 1. The molecular weight excluding hydrogens is 284 g/mol. The SMILES string of the molecule is C[C@H](OC(=O)c1nccnc1N)C(=O)N(C)C1CCCCC1. The molecule has 1 atom stereocenters. The van der Waals surface area contributed by atoms with E-state index >= 15 is 0 Å². The van der Waals surface area contributed by atoms with Crippen molar-refractivity contribution in [3.63, 3.8) is 0 Å². The number of hydrogen-bond donors (Lipinski definition) is 1. The van der Waals surface area contributed by atoms with Gasteiger partial charge >= 0.3 is 5.97 Å². The van der Waals surface area contributed by atoms with Crippen LogP contribution in [0.3, 0.4) is 0 Å². The van der Waals surface area contributed by atoms with Crippen LogP contribution in [0.5, 0.6) is 0 Å². The molecule has 1 aliphatic rings. The lowest BCUT2D eigenvalue weighted by atomic mass is 9.94. The van der Waals surface area contributed by atoms with Gasteiger partial charge in [0.05, 0.1) is 0 Å². The van der Waals surface area contributed by atoms with Gasteiger partial charge in [-0.1, -0.05) is 19.3 Å². The average molecular weight is 306 g/mol. The fourth-order valence-corrected chi connectivity index (χ4v) is 2.71. The first-order valence-corrected chi connectivity index (χ1v) is 7.55. The third kappa shape index (κ3) is 3.72. The summed E-state index contributed by atoms with van der Waals surface area (Å²) < 4.78 is 5.18. The second-order valence-corrected chi connectivity index (χ2v) is 5.58. The lowest BCUT2D eigenvalue weighted by molar-refractivity contribution is -0.141. The molecule has 0 unspecified atom stereocenters. The van der Waals surface area contributed by atoms with Crippen molar-refractivity contribution in [2.75, 3.05) is 12.8 Å². The van der Waals surface area contributed by atoms with E-state index in [0.717, 1.165) is 25.7 Å². The van der Waals surface area contributed by atoms with Crippen LogP contribution in [0.15, 0.2) is 12.4 Å². The maximum Gasteiger partial charge on any atom is 0.361 e. The molecule has 120 valence electrons. The standard InChI is InChI=1S/C15H22N4O3/c1-10(14(20)19(2)11-6-4-3-5-7-11)22-15(21)12-13(16)18-9-8-17-12/h8-11H,3-7H2,1-2H3,(H2,16,18)/t10-/m0/s1. The average Bonchev–Trinajstić information content (AvgIpc) is 2.54. The van der Waals surface area contributed by atoms with Crippen LogP contribution in [0.4, 0.5) is 5.82 Å². The van der Waals surface area contributed by atoms with Crippen molar-refractivity contribution in [2.24, 2.45) is 0 Å². The molecule has 1 aromatic heterocycles. The Morgan fingerprint density at radius 2 is 1.91 bits per heavy atom. The Balaban J connectivity index is 1.96. The number of carbonyl (C=O) groups excluding carboxylic acids is 2.